The summed E-state index contributed by atoms with van der Waals surface area (Å²) in [7, 11) is 0. The number of nitrogens with zero attached hydrogens (tertiary/aromatic N) is 5. The number of halogens is 3. The van der Waals surface area contributed by atoms with Crippen LogP contribution in [0.15, 0.2) is 42.6 Å². The molecule has 8 rings (SSSR count). The predicted molar refractivity (Wildman–Crippen MR) is 165 cm³/mol. The van der Waals surface area contributed by atoms with E-state index in [1.807, 2.05) is 4.90 Å². The fraction of sp³-hybridized carbons (Fsp3) is 0.382. The number of phenols is 1. The van der Waals surface area contributed by atoms with Gasteiger partial charge in [-0.05, 0) is 42.8 Å². The smallest absolute Gasteiger partial charge is 0.319 e. The molecule has 2 bridgehead atoms. The number of benzene rings is 2. The molecule has 230 valence electrons. The second-order valence-corrected chi connectivity index (χ2v) is 12.6. The summed E-state index contributed by atoms with van der Waals surface area (Å²) in [6, 6.07) is 5.25. The Bertz CT molecular complexity index is 2030. The van der Waals surface area contributed by atoms with Crippen molar-refractivity contribution in [1.29, 1.82) is 0 Å². The number of aromatic hydroxyl groups is 1. The lowest BCUT2D eigenvalue weighted by atomic mass is 9.93. The molecule has 4 aliphatic heterocycles. The van der Waals surface area contributed by atoms with Gasteiger partial charge in [-0.25, -0.2) is 13.2 Å². The van der Waals surface area contributed by atoms with Crippen molar-refractivity contribution in [2.24, 2.45) is 0 Å². The molecule has 45 heavy (non-hydrogen) atoms. The third kappa shape index (κ3) is 4.58. The van der Waals surface area contributed by atoms with E-state index in [1.165, 1.54) is 30.5 Å². The number of rotatable bonds is 5. The third-order valence-electron chi connectivity index (χ3n) is 9.48. The van der Waals surface area contributed by atoms with Crippen LogP contribution in [0.4, 0.5) is 19.0 Å². The molecule has 8 nitrogen and oxygen atoms in total. The first-order chi connectivity index (χ1) is 22.5. The Morgan fingerprint density at radius 2 is 2.00 bits per heavy atom. The van der Waals surface area contributed by atoms with Gasteiger partial charge >= 0.3 is 6.01 Å². The average molecular weight is 615 g/mol. The van der Waals surface area contributed by atoms with Crippen molar-refractivity contribution < 1.29 is 25.8 Å². The minimum Gasteiger partial charge on any atom is -0.508 e. The first kappa shape index (κ1) is 25.9. The highest BCUT2D eigenvalue weighted by molar-refractivity contribution is 6.03. The molecule has 2 aromatic carbocycles. The lowest BCUT2D eigenvalue weighted by molar-refractivity contribution is 0.107. The highest BCUT2D eigenvalue weighted by Gasteiger charge is 2.51. The van der Waals surface area contributed by atoms with Crippen molar-refractivity contribution >= 4 is 27.5 Å². The monoisotopic (exact) mass is 614 g/mol. The molecule has 4 aromatic rings. The summed E-state index contributed by atoms with van der Waals surface area (Å²) < 4.78 is 70.5. The summed E-state index contributed by atoms with van der Waals surface area (Å²) in [5.74, 6) is 0.861. The number of piperazine rings is 1. The fourth-order valence-corrected chi connectivity index (χ4v) is 7.61. The van der Waals surface area contributed by atoms with Crippen LogP contribution in [0.25, 0.3) is 32.9 Å². The van der Waals surface area contributed by atoms with Crippen molar-refractivity contribution in [1.82, 2.24) is 25.2 Å². The van der Waals surface area contributed by atoms with E-state index in [2.05, 4.69) is 32.8 Å². The van der Waals surface area contributed by atoms with Crippen molar-refractivity contribution in [2.45, 2.75) is 49.5 Å². The van der Waals surface area contributed by atoms with E-state index in [0.717, 1.165) is 18.4 Å². The van der Waals surface area contributed by atoms with Gasteiger partial charge in [-0.1, -0.05) is 24.1 Å². The Hall–Kier alpha value is -4.40. The SMILES string of the molecule is [2H]C([2H])(Oc1nc(N2C[C@H]3CC[C@@H](C2)N3)c2cnc(-c3cc(O)cc4ccc(F)c(C#C)c34)c(F)c2n1)C12CC(=C)CN1C[C@H](F)C2. The highest BCUT2D eigenvalue weighted by Crippen LogP contribution is 2.43. The number of hydrogen-bond acceptors (Lipinski definition) is 8. The zero-order chi connectivity index (χ0) is 32.8. The molecule has 0 radical (unpaired) electrons. The number of fused-ring (bicyclic) bond motifs is 5. The van der Waals surface area contributed by atoms with Crippen molar-refractivity contribution in [3.8, 4) is 35.4 Å². The Balaban J connectivity index is 1.31. The van der Waals surface area contributed by atoms with E-state index in [4.69, 9.17) is 13.9 Å². The van der Waals surface area contributed by atoms with Crippen molar-refractivity contribution in [3.05, 3.63) is 59.8 Å². The standard InChI is InChI=1S/C34H31F3N6O2/c1-3-24-27(36)7-4-19-8-23(44)9-25(28(19)24)30-29(37)31-26(12-38-30)32(42-15-21-5-6-22(16-42)39-21)41-33(40-31)45-17-34-10-18(2)13-43(34)14-20(35)11-34/h1,4,7-9,12,20-22,39,44H,2,5-6,10-11,13-17H2/t20-,21-,22+,34?/m1/s1/i17D2. The predicted octanol–water partition coefficient (Wildman–Crippen LogP) is 4.87. The maximum atomic E-state index is 16.9. The summed E-state index contributed by atoms with van der Waals surface area (Å²) in [5.41, 5.74) is -1.05. The molecule has 0 amide bonds. The molecule has 1 unspecified atom stereocenters. The molecule has 0 saturated carbocycles. The van der Waals surface area contributed by atoms with Crippen LogP contribution in [-0.2, 0) is 0 Å². The van der Waals surface area contributed by atoms with Crippen LogP contribution in [0.2, 0.25) is 0 Å². The van der Waals surface area contributed by atoms with E-state index in [-0.39, 0.29) is 70.3 Å². The molecule has 4 saturated heterocycles. The van der Waals surface area contributed by atoms with Gasteiger partial charge in [-0.2, -0.15) is 9.97 Å². The summed E-state index contributed by atoms with van der Waals surface area (Å²) in [6.07, 6.45) is 7.88. The van der Waals surface area contributed by atoms with E-state index in [1.54, 1.807) is 4.90 Å². The first-order valence-corrected chi connectivity index (χ1v) is 15.0. The van der Waals surface area contributed by atoms with Gasteiger partial charge in [0.2, 0.25) is 0 Å². The number of aromatic nitrogens is 3. The molecule has 11 heteroatoms. The number of pyridine rings is 1. The summed E-state index contributed by atoms with van der Waals surface area (Å²) in [6.45, 7) is 3.09. The topological polar surface area (TPSA) is 86.6 Å². The van der Waals surface area contributed by atoms with Gasteiger partial charge in [-0.3, -0.25) is 9.88 Å². The Morgan fingerprint density at radius 1 is 1.20 bits per heavy atom. The zero-order valence-corrected chi connectivity index (χ0v) is 24.3. The van der Waals surface area contributed by atoms with Gasteiger partial charge < -0.3 is 20.1 Å². The molecule has 2 aromatic heterocycles. The second-order valence-electron chi connectivity index (χ2n) is 12.6. The molecule has 6 heterocycles. The van der Waals surface area contributed by atoms with Gasteiger partial charge in [-0.15, -0.1) is 6.42 Å². The van der Waals surface area contributed by atoms with Crippen LogP contribution in [0, 0.1) is 24.0 Å². The van der Waals surface area contributed by atoms with Crippen LogP contribution >= 0.6 is 0 Å². The number of phenolic OH excluding ortho intramolecular Hbond substituents is 1. The minimum absolute atomic E-state index is 0.0526. The van der Waals surface area contributed by atoms with Gasteiger partial charge in [0.05, 0.1) is 19.2 Å². The van der Waals surface area contributed by atoms with E-state index in [0.29, 0.717) is 30.8 Å². The first-order valence-electron chi connectivity index (χ1n) is 16.0. The molecule has 4 aliphatic rings. The number of anilines is 1. The number of nitrogens with one attached hydrogen (secondary N) is 1. The quantitative estimate of drug-likeness (QED) is 0.243. The Kier molecular flexibility index (Phi) is 5.94. The van der Waals surface area contributed by atoms with Crippen molar-refractivity contribution in [2.75, 3.05) is 37.6 Å². The fourth-order valence-electron chi connectivity index (χ4n) is 7.61. The molecule has 4 fully saturated rings. The highest BCUT2D eigenvalue weighted by atomic mass is 19.1. The minimum atomic E-state index is -2.46. The number of hydrogen-bond donors (Lipinski definition) is 2. The average Bonchev–Trinajstić information content (AvgIpc) is 3.64. The molecule has 2 N–H and O–H groups in total. The zero-order valence-electron chi connectivity index (χ0n) is 26.3. The third-order valence-corrected chi connectivity index (χ3v) is 9.48. The molecule has 4 atom stereocenters. The van der Waals surface area contributed by atoms with Crippen LogP contribution in [0.1, 0.15) is 34.0 Å². The van der Waals surface area contributed by atoms with E-state index >= 15 is 4.39 Å². The molecule has 0 aliphatic carbocycles. The van der Waals surface area contributed by atoms with E-state index in [9.17, 15) is 13.9 Å². The van der Waals surface area contributed by atoms with Gasteiger partial charge in [0.25, 0.3) is 0 Å². The number of terminal acetylenes is 1. The van der Waals surface area contributed by atoms with Gasteiger partial charge in [0, 0.05) is 61.8 Å². The number of ether oxygens (including phenoxy) is 1. The van der Waals surface area contributed by atoms with Crippen LogP contribution in [0.5, 0.6) is 11.8 Å². The lowest BCUT2D eigenvalue weighted by Gasteiger charge is -2.34. The lowest BCUT2D eigenvalue weighted by Crippen LogP contribution is -2.51. The Morgan fingerprint density at radius 3 is 2.78 bits per heavy atom. The normalized spacial score (nSPS) is 27.1. The molecular weight excluding hydrogens is 581 g/mol. The van der Waals surface area contributed by atoms with Crippen LogP contribution < -0.4 is 15.0 Å². The summed E-state index contributed by atoms with van der Waals surface area (Å²) in [5, 5.41) is 14.9. The summed E-state index contributed by atoms with van der Waals surface area (Å²) >= 11 is 0. The maximum Gasteiger partial charge on any atom is 0.319 e. The van der Waals surface area contributed by atoms with Gasteiger partial charge in [0.1, 0.15) is 41.3 Å². The number of alkyl halides is 1. The second kappa shape index (κ2) is 10.3. The van der Waals surface area contributed by atoms with Crippen molar-refractivity contribution in [3.63, 3.8) is 0 Å². The van der Waals surface area contributed by atoms with Gasteiger partial charge in [0.15, 0.2) is 5.82 Å². The maximum absolute atomic E-state index is 16.9. The largest absolute Gasteiger partial charge is 0.508 e. The molecular formula is C34H31F3N6O2. The summed E-state index contributed by atoms with van der Waals surface area (Å²) in [4.78, 5) is 17.2. The molecule has 0 spiro atoms. The van der Waals surface area contributed by atoms with E-state index < -0.39 is 35.9 Å². The van der Waals surface area contributed by atoms with Crippen LogP contribution in [-0.4, -0.2) is 81.5 Å². The Labute approximate surface area is 260 Å². The van der Waals surface area contributed by atoms with Crippen LogP contribution in [0.3, 0.4) is 0 Å².